The lowest BCUT2D eigenvalue weighted by Gasteiger charge is -1.99. The van der Waals surface area contributed by atoms with E-state index >= 15 is 0 Å². The fourth-order valence-corrected chi connectivity index (χ4v) is 2.01. The van der Waals surface area contributed by atoms with Crippen LogP contribution in [0.4, 0.5) is 8.78 Å². The van der Waals surface area contributed by atoms with E-state index in [1.807, 2.05) is 0 Å². The van der Waals surface area contributed by atoms with Crippen LogP contribution in [0.5, 0.6) is 0 Å². The van der Waals surface area contributed by atoms with E-state index < -0.39 is 17.6 Å². The van der Waals surface area contributed by atoms with Crippen LogP contribution in [-0.4, -0.2) is 20.5 Å². The summed E-state index contributed by atoms with van der Waals surface area (Å²) >= 11 is 0. The van der Waals surface area contributed by atoms with Crippen molar-refractivity contribution in [3.63, 3.8) is 0 Å². The first kappa shape index (κ1) is 12.3. The third-order valence-corrected chi connectivity index (χ3v) is 2.92. The van der Waals surface area contributed by atoms with E-state index in [9.17, 15) is 13.6 Å². The number of aromatic carboxylic acids is 1. The number of fused-ring (bicyclic) bond motifs is 1. The van der Waals surface area contributed by atoms with Gasteiger partial charge in [0.1, 0.15) is 23.0 Å². The van der Waals surface area contributed by atoms with Gasteiger partial charge in [-0.25, -0.2) is 18.6 Å². The fourth-order valence-electron chi connectivity index (χ4n) is 2.01. The number of hydrogen-bond donors (Lipinski definition) is 1. The minimum absolute atomic E-state index is 0.00180. The summed E-state index contributed by atoms with van der Waals surface area (Å²) in [5.41, 5.74) is 0.516. The van der Waals surface area contributed by atoms with Crippen molar-refractivity contribution >= 4 is 11.6 Å². The molecule has 0 aliphatic carbocycles. The normalized spacial score (nSPS) is 10.9. The fraction of sp³-hybridized carbons (Fsp3) is 0. The molecule has 0 atom stereocenters. The van der Waals surface area contributed by atoms with Crippen LogP contribution in [0.1, 0.15) is 10.5 Å². The van der Waals surface area contributed by atoms with E-state index in [0.717, 1.165) is 18.2 Å². The van der Waals surface area contributed by atoms with Crippen molar-refractivity contribution in [3.8, 4) is 11.3 Å². The van der Waals surface area contributed by atoms with E-state index in [4.69, 9.17) is 5.11 Å². The molecule has 2 heterocycles. The molecule has 1 aromatic carbocycles. The molecule has 0 amide bonds. The molecule has 0 unspecified atom stereocenters. The zero-order valence-electron chi connectivity index (χ0n) is 10.0. The Morgan fingerprint density at radius 1 is 1.20 bits per heavy atom. The van der Waals surface area contributed by atoms with E-state index in [1.54, 1.807) is 6.07 Å². The highest BCUT2D eigenvalue weighted by atomic mass is 19.1. The molecule has 20 heavy (non-hydrogen) atoms. The second-order valence-corrected chi connectivity index (χ2v) is 4.19. The minimum atomic E-state index is -1.13. The number of benzene rings is 1. The molecule has 2 aromatic heterocycles. The number of rotatable bonds is 2. The van der Waals surface area contributed by atoms with Crippen molar-refractivity contribution in [1.82, 2.24) is 9.38 Å². The zero-order chi connectivity index (χ0) is 14.3. The largest absolute Gasteiger partial charge is 0.477 e. The molecule has 0 spiro atoms. The summed E-state index contributed by atoms with van der Waals surface area (Å²) in [7, 11) is 0. The molecular weight excluding hydrogens is 266 g/mol. The molecule has 0 saturated carbocycles. The molecule has 3 aromatic rings. The number of carboxylic acid groups (broad SMARTS) is 1. The van der Waals surface area contributed by atoms with Crippen LogP contribution in [0, 0.1) is 11.6 Å². The first-order valence-corrected chi connectivity index (χ1v) is 5.73. The van der Waals surface area contributed by atoms with Gasteiger partial charge >= 0.3 is 5.97 Å². The van der Waals surface area contributed by atoms with Gasteiger partial charge in [-0.05, 0) is 30.3 Å². The maximum Gasteiger partial charge on any atom is 0.352 e. The summed E-state index contributed by atoms with van der Waals surface area (Å²) < 4.78 is 28.2. The molecule has 0 aliphatic rings. The van der Waals surface area contributed by atoms with Gasteiger partial charge in [0.2, 0.25) is 0 Å². The lowest BCUT2D eigenvalue weighted by Crippen LogP contribution is -2.03. The first-order valence-electron chi connectivity index (χ1n) is 5.73. The van der Waals surface area contributed by atoms with E-state index in [2.05, 4.69) is 4.98 Å². The van der Waals surface area contributed by atoms with E-state index in [-0.39, 0.29) is 17.0 Å². The molecule has 0 saturated heterocycles. The summed E-state index contributed by atoms with van der Waals surface area (Å²) in [5, 5.41) is 9.08. The number of imidazole rings is 1. The molecule has 3 rings (SSSR count). The Labute approximate surface area is 111 Å². The predicted octanol–water partition coefficient (Wildman–Crippen LogP) is 2.98. The number of nitrogens with zero attached hydrogens (tertiary/aromatic N) is 2. The summed E-state index contributed by atoms with van der Waals surface area (Å²) in [6, 6.07) is 7.58. The van der Waals surface area contributed by atoms with Crippen molar-refractivity contribution in [3.05, 3.63) is 59.9 Å². The number of hydrogen-bond acceptors (Lipinski definition) is 2. The Kier molecular flexibility index (Phi) is 2.71. The standard InChI is InChI=1S/C14H8F2N2O2/c15-8-4-5-10(16)9(6-8)11-7-18-12(14(19)20)2-1-3-13(18)17-11/h1-7H,(H,19,20). The van der Waals surface area contributed by atoms with Gasteiger partial charge in [0.25, 0.3) is 0 Å². The molecule has 0 fully saturated rings. The lowest BCUT2D eigenvalue weighted by molar-refractivity contribution is 0.0689. The Balaban J connectivity index is 2.26. The van der Waals surface area contributed by atoms with Crippen molar-refractivity contribution in [1.29, 1.82) is 0 Å². The van der Waals surface area contributed by atoms with Crippen LogP contribution in [0.3, 0.4) is 0 Å². The molecule has 1 N–H and O–H groups in total. The molecule has 0 radical (unpaired) electrons. The summed E-state index contributed by atoms with van der Waals surface area (Å²) in [4.78, 5) is 15.2. The third-order valence-electron chi connectivity index (χ3n) is 2.92. The molecule has 0 bridgehead atoms. The zero-order valence-corrected chi connectivity index (χ0v) is 10.0. The van der Waals surface area contributed by atoms with Crippen molar-refractivity contribution in [2.45, 2.75) is 0 Å². The Morgan fingerprint density at radius 2 is 2.00 bits per heavy atom. The van der Waals surface area contributed by atoms with Gasteiger partial charge in [-0.3, -0.25) is 4.40 Å². The summed E-state index contributed by atoms with van der Waals surface area (Å²) in [6.45, 7) is 0. The van der Waals surface area contributed by atoms with Gasteiger partial charge in [0.05, 0.1) is 5.69 Å². The lowest BCUT2D eigenvalue weighted by atomic mass is 10.1. The molecular formula is C14H8F2N2O2. The van der Waals surface area contributed by atoms with E-state index in [1.165, 1.54) is 22.7 Å². The van der Waals surface area contributed by atoms with Crippen molar-refractivity contribution < 1.29 is 18.7 Å². The molecule has 4 nitrogen and oxygen atoms in total. The number of carbonyl (C=O) groups is 1. The van der Waals surface area contributed by atoms with Crippen molar-refractivity contribution in [2.75, 3.05) is 0 Å². The molecule has 0 aliphatic heterocycles. The number of halogens is 2. The number of pyridine rings is 1. The predicted molar refractivity (Wildman–Crippen MR) is 67.5 cm³/mol. The van der Waals surface area contributed by atoms with Crippen LogP contribution in [0.2, 0.25) is 0 Å². The highest BCUT2D eigenvalue weighted by molar-refractivity contribution is 5.87. The highest BCUT2D eigenvalue weighted by Gasteiger charge is 2.14. The monoisotopic (exact) mass is 274 g/mol. The van der Waals surface area contributed by atoms with Crippen LogP contribution >= 0.6 is 0 Å². The average Bonchev–Trinajstić information content (AvgIpc) is 2.84. The average molecular weight is 274 g/mol. The van der Waals surface area contributed by atoms with Crippen LogP contribution in [0.25, 0.3) is 16.9 Å². The Morgan fingerprint density at radius 3 is 2.75 bits per heavy atom. The first-order chi connectivity index (χ1) is 9.56. The summed E-state index contributed by atoms with van der Waals surface area (Å²) in [5.74, 6) is -2.33. The van der Waals surface area contributed by atoms with Crippen molar-refractivity contribution in [2.24, 2.45) is 0 Å². The SMILES string of the molecule is O=C(O)c1cccc2nc(-c3cc(F)ccc3F)cn12. The Bertz CT molecular complexity index is 827. The van der Waals surface area contributed by atoms with Crippen LogP contribution in [-0.2, 0) is 0 Å². The van der Waals surface area contributed by atoms with Gasteiger partial charge in [-0.2, -0.15) is 0 Å². The van der Waals surface area contributed by atoms with Gasteiger partial charge < -0.3 is 5.11 Å². The van der Waals surface area contributed by atoms with Gasteiger partial charge in [-0.1, -0.05) is 6.07 Å². The minimum Gasteiger partial charge on any atom is -0.477 e. The second-order valence-electron chi connectivity index (χ2n) is 4.19. The highest BCUT2D eigenvalue weighted by Crippen LogP contribution is 2.24. The topological polar surface area (TPSA) is 54.6 Å². The summed E-state index contributed by atoms with van der Waals surface area (Å²) in [6.07, 6.45) is 1.37. The Hall–Kier alpha value is -2.76. The third kappa shape index (κ3) is 1.91. The van der Waals surface area contributed by atoms with Crippen LogP contribution < -0.4 is 0 Å². The van der Waals surface area contributed by atoms with Gasteiger partial charge in [0, 0.05) is 11.8 Å². The maximum absolute atomic E-state index is 13.7. The number of aromatic nitrogens is 2. The van der Waals surface area contributed by atoms with E-state index in [0.29, 0.717) is 5.65 Å². The van der Waals surface area contributed by atoms with Gasteiger partial charge in [-0.15, -0.1) is 0 Å². The molecule has 100 valence electrons. The quantitative estimate of drug-likeness (QED) is 0.781. The van der Waals surface area contributed by atoms with Gasteiger partial charge in [0.15, 0.2) is 0 Å². The molecule has 6 heteroatoms. The van der Waals surface area contributed by atoms with Crippen LogP contribution in [0.15, 0.2) is 42.6 Å². The smallest absolute Gasteiger partial charge is 0.352 e. The second kappa shape index (κ2) is 4.41. The maximum atomic E-state index is 13.7. The number of carboxylic acids is 1.